The third-order valence-corrected chi connectivity index (χ3v) is 4.63. The number of hydrogen-bond acceptors (Lipinski definition) is 6. The molecule has 5 nitrogen and oxygen atoms in total. The molecule has 0 saturated carbocycles. The number of thiophene rings is 1. The van der Waals surface area contributed by atoms with E-state index in [1.54, 1.807) is 39.6 Å². The third kappa shape index (κ3) is 2.00. The normalized spacial score (nSPS) is 11.2. The monoisotopic (exact) mass is 299 g/mol. The first-order valence-corrected chi connectivity index (χ1v) is 7.74. The Morgan fingerprint density at radius 1 is 1.15 bits per heavy atom. The van der Waals surface area contributed by atoms with Gasteiger partial charge in [-0.1, -0.05) is 17.4 Å². The van der Waals surface area contributed by atoms with Crippen LogP contribution in [-0.4, -0.2) is 24.8 Å². The number of fused-ring (bicyclic) bond motifs is 1. The van der Waals surface area contributed by atoms with Gasteiger partial charge in [-0.05, 0) is 23.6 Å². The van der Waals surface area contributed by atoms with Crippen LogP contribution in [-0.2, 0) is 6.42 Å². The van der Waals surface area contributed by atoms with E-state index in [0.717, 1.165) is 27.8 Å². The summed E-state index contributed by atoms with van der Waals surface area (Å²) in [6.45, 7) is 0. The lowest BCUT2D eigenvalue weighted by atomic mass is 10.3. The van der Waals surface area contributed by atoms with Crippen molar-refractivity contribution < 1.29 is 0 Å². The minimum atomic E-state index is 0.738. The first-order valence-electron chi connectivity index (χ1n) is 6.04. The van der Waals surface area contributed by atoms with E-state index in [2.05, 4.69) is 37.8 Å². The summed E-state index contributed by atoms with van der Waals surface area (Å²) < 4.78 is 1.80. The maximum Gasteiger partial charge on any atom is 0.234 e. The lowest BCUT2D eigenvalue weighted by molar-refractivity contribution is 0.920. The van der Waals surface area contributed by atoms with Crippen molar-refractivity contribution in [3.05, 3.63) is 51.9 Å². The van der Waals surface area contributed by atoms with Gasteiger partial charge in [0.1, 0.15) is 5.01 Å². The number of aromatic nitrogens is 5. The van der Waals surface area contributed by atoms with Crippen LogP contribution in [0.5, 0.6) is 0 Å². The Morgan fingerprint density at radius 2 is 2.15 bits per heavy atom. The molecule has 4 rings (SSSR count). The first-order chi connectivity index (χ1) is 9.90. The highest BCUT2D eigenvalue weighted by molar-refractivity contribution is 7.17. The Balaban J connectivity index is 1.75. The van der Waals surface area contributed by atoms with E-state index in [4.69, 9.17) is 0 Å². The van der Waals surface area contributed by atoms with Crippen LogP contribution in [0.1, 0.15) is 9.88 Å². The van der Waals surface area contributed by atoms with Gasteiger partial charge in [0.05, 0.1) is 0 Å². The van der Waals surface area contributed by atoms with Crippen molar-refractivity contribution in [3.8, 4) is 11.4 Å². The second-order valence-electron chi connectivity index (χ2n) is 4.21. The highest BCUT2D eigenvalue weighted by atomic mass is 32.1. The molecule has 20 heavy (non-hydrogen) atoms. The number of nitrogens with zero attached hydrogens (tertiary/aromatic N) is 5. The van der Waals surface area contributed by atoms with Gasteiger partial charge in [0.25, 0.3) is 0 Å². The molecule has 4 aromatic rings. The van der Waals surface area contributed by atoms with Crippen molar-refractivity contribution in [2.24, 2.45) is 0 Å². The predicted octanol–water partition coefficient (Wildman–Crippen LogP) is 2.90. The molecule has 0 radical (unpaired) electrons. The fourth-order valence-electron chi connectivity index (χ4n) is 1.97. The minimum absolute atomic E-state index is 0.738. The zero-order valence-electron chi connectivity index (χ0n) is 10.3. The molecule has 0 fully saturated rings. The molecule has 4 heterocycles. The molecular formula is C13H9N5S2. The van der Waals surface area contributed by atoms with Crippen LogP contribution in [0.25, 0.3) is 16.3 Å². The van der Waals surface area contributed by atoms with E-state index in [0.29, 0.717) is 0 Å². The van der Waals surface area contributed by atoms with Gasteiger partial charge in [-0.15, -0.1) is 21.5 Å². The van der Waals surface area contributed by atoms with Gasteiger partial charge >= 0.3 is 0 Å². The van der Waals surface area contributed by atoms with E-state index in [1.165, 1.54) is 4.88 Å². The zero-order chi connectivity index (χ0) is 13.4. The molecule has 0 spiro atoms. The van der Waals surface area contributed by atoms with Gasteiger partial charge in [0.15, 0.2) is 5.82 Å². The summed E-state index contributed by atoms with van der Waals surface area (Å²) in [6.07, 6.45) is 4.36. The van der Waals surface area contributed by atoms with Crippen molar-refractivity contribution in [2.75, 3.05) is 0 Å². The van der Waals surface area contributed by atoms with Crippen molar-refractivity contribution in [3.63, 3.8) is 0 Å². The largest absolute Gasteiger partial charge is 0.264 e. The Labute approximate surface area is 122 Å². The molecule has 0 N–H and O–H groups in total. The molecule has 0 atom stereocenters. The van der Waals surface area contributed by atoms with Crippen LogP contribution in [0.3, 0.4) is 0 Å². The topological polar surface area (TPSA) is 56.0 Å². The molecular weight excluding hydrogens is 290 g/mol. The quantitative estimate of drug-likeness (QED) is 0.583. The van der Waals surface area contributed by atoms with Crippen LogP contribution in [0.15, 0.2) is 42.0 Å². The molecule has 0 unspecified atom stereocenters. The first kappa shape index (κ1) is 11.7. The van der Waals surface area contributed by atoms with Crippen LogP contribution in [0.2, 0.25) is 0 Å². The summed E-state index contributed by atoms with van der Waals surface area (Å²) in [7, 11) is 0. The standard InChI is InChI=1S/C13H9N5S2/c1-3-9(8-14-5-1)12-15-16-13-18(12)17-11(20-13)7-10-4-2-6-19-10/h1-6,8H,7H2. The molecule has 98 valence electrons. The van der Waals surface area contributed by atoms with E-state index in [-0.39, 0.29) is 0 Å². The lowest BCUT2D eigenvalue weighted by Crippen LogP contribution is -1.93. The summed E-state index contributed by atoms with van der Waals surface area (Å²) in [6, 6.07) is 8.02. The highest BCUT2D eigenvalue weighted by Crippen LogP contribution is 2.23. The molecule has 4 aromatic heterocycles. The van der Waals surface area contributed by atoms with Gasteiger partial charge in [-0.2, -0.15) is 9.61 Å². The molecule has 0 saturated heterocycles. The summed E-state index contributed by atoms with van der Waals surface area (Å²) in [5.41, 5.74) is 0.924. The van der Waals surface area contributed by atoms with Gasteiger partial charge < -0.3 is 0 Å². The number of pyridine rings is 1. The molecule has 0 aliphatic carbocycles. The van der Waals surface area contributed by atoms with Crippen LogP contribution < -0.4 is 0 Å². The van der Waals surface area contributed by atoms with Crippen molar-refractivity contribution >= 4 is 27.6 Å². The van der Waals surface area contributed by atoms with Crippen molar-refractivity contribution in [1.82, 2.24) is 24.8 Å². The van der Waals surface area contributed by atoms with Crippen LogP contribution in [0, 0.1) is 0 Å². The Bertz CT molecular complexity index is 832. The smallest absolute Gasteiger partial charge is 0.234 e. The fourth-order valence-corrected chi connectivity index (χ4v) is 3.62. The fraction of sp³-hybridized carbons (Fsp3) is 0.0769. The summed E-state index contributed by atoms with van der Waals surface area (Å²) in [5, 5.41) is 16.1. The van der Waals surface area contributed by atoms with Crippen molar-refractivity contribution in [2.45, 2.75) is 6.42 Å². The van der Waals surface area contributed by atoms with E-state index >= 15 is 0 Å². The summed E-state index contributed by atoms with van der Waals surface area (Å²) in [4.78, 5) is 6.23. The molecule has 0 bridgehead atoms. The number of rotatable bonds is 3. The summed E-state index contributed by atoms with van der Waals surface area (Å²) in [5.74, 6) is 0.738. The van der Waals surface area contributed by atoms with Gasteiger partial charge in [0.2, 0.25) is 4.96 Å². The second-order valence-corrected chi connectivity index (χ2v) is 6.28. The predicted molar refractivity (Wildman–Crippen MR) is 79.0 cm³/mol. The maximum atomic E-state index is 4.61. The average molecular weight is 299 g/mol. The average Bonchev–Trinajstić information content (AvgIpc) is 3.17. The van der Waals surface area contributed by atoms with Gasteiger partial charge in [-0.3, -0.25) is 4.98 Å². The third-order valence-electron chi connectivity index (χ3n) is 2.86. The highest BCUT2D eigenvalue weighted by Gasteiger charge is 2.13. The van der Waals surface area contributed by atoms with E-state index in [1.807, 2.05) is 12.1 Å². The molecule has 0 aliphatic heterocycles. The Kier molecular flexibility index (Phi) is 2.79. The molecule has 0 amide bonds. The van der Waals surface area contributed by atoms with E-state index < -0.39 is 0 Å². The van der Waals surface area contributed by atoms with Crippen molar-refractivity contribution in [1.29, 1.82) is 0 Å². The lowest BCUT2D eigenvalue weighted by Gasteiger charge is -1.94. The maximum absolute atomic E-state index is 4.61. The Hall–Kier alpha value is -2.12. The van der Waals surface area contributed by atoms with Crippen LogP contribution in [0.4, 0.5) is 0 Å². The molecule has 7 heteroatoms. The second kappa shape index (κ2) is 4.77. The minimum Gasteiger partial charge on any atom is -0.264 e. The van der Waals surface area contributed by atoms with Gasteiger partial charge in [0, 0.05) is 29.3 Å². The van der Waals surface area contributed by atoms with Crippen LogP contribution >= 0.6 is 22.7 Å². The van der Waals surface area contributed by atoms with E-state index in [9.17, 15) is 0 Å². The Morgan fingerprint density at radius 3 is 2.95 bits per heavy atom. The number of hydrogen-bond donors (Lipinski definition) is 0. The summed E-state index contributed by atoms with van der Waals surface area (Å²) >= 11 is 3.32. The molecule has 0 aliphatic rings. The molecule has 0 aromatic carbocycles. The SMILES string of the molecule is c1cncc(-c2nnc3sc(Cc4cccs4)nn23)c1. The van der Waals surface area contributed by atoms with Gasteiger partial charge in [-0.25, -0.2) is 0 Å². The zero-order valence-corrected chi connectivity index (χ0v) is 11.9.